The minimum absolute atomic E-state index is 0.00981. The molecule has 1 amide bonds. The highest BCUT2D eigenvalue weighted by Crippen LogP contribution is 2.22. The van der Waals surface area contributed by atoms with E-state index in [1.165, 1.54) is 6.92 Å². The van der Waals surface area contributed by atoms with Gasteiger partial charge in [-0.05, 0) is 63.5 Å². The van der Waals surface area contributed by atoms with Gasteiger partial charge in [0.05, 0.1) is 6.10 Å². The van der Waals surface area contributed by atoms with Crippen molar-refractivity contribution in [3.63, 3.8) is 0 Å². The molecular weight excluding hydrogens is 366 g/mol. The van der Waals surface area contributed by atoms with E-state index in [1.54, 1.807) is 30.3 Å². The molecule has 1 unspecified atom stereocenters. The van der Waals surface area contributed by atoms with Crippen LogP contribution < -0.4 is 5.32 Å². The largest absolute Gasteiger partial charge is 0.376 e. The van der Waals surface area contributed by atoms with Crippen molar-refractivity contribution in [1.82, 2.24) is 4.57 Å². The van der Waals surface area contributed by atoms with Crippen molar-refractivity contribution in [2.45, 2.75) is 46.3 Å². The second kappa shape index (κ2) is 8.89. The molecule has 0 radical (unpaired) electrons. The van der Waals surface area contributed by atoms with Crippen LogP contribution in [0.2, 0.25) is 0 Å². The first-order chi connectivity index (χ1) is 13.9. The lowest BCUT2D eigenvalue weighted by Crippen LogP contribution is -2.17. The standard InChI is InChI=1S/C23H25N3O3/c1-15-10-19(16(2)26(15)14-22-8-5-9-29-22)11-20(13-24)23(28)25-21-7-4-6-18(12-21)17(3)27/h4,6-7,10-12,22H,5,8-9,14H2,1-3H3,(H,25,28)/b20-11+. The van der Waals surface area contributed by atoms with E-state index < -0.39 is 5.91 Å². The van der Waals surface area contributed by atoms with Crippen LogP contribution in [0.15, 0.2) is 35.9 Å². The summed E-state index contributed by atoms with van der Waals surface area (Å²) in [4.78, 5) is 24.1. The van der Waals surface area contributed by atoms with Gasteiger partial charge in [0.15, 0.2) is 5.78 Å². The van der Waals surface area contributed by atoms with Gasteiger partial charge in [-0.3, -0.25) is 9.59 Å². The molecule has 1 aromatic carbocycles. The molecule has 0 saturated carbocycles. The highest BCUT2D eigenvalue weighted by molar-refractivity contribution is 6.10. The maximum absolute atomic E-state index is 12.6. The fraction of sp³-hybridized carbons (Fsp3) is 0.348. The molecular formula is C23H25N3O3. The van der Waals surface area contributed by atoms with E-state index in [9.17, 15) is 14.9 Å². The number of ketones is 1. The number of carbonyl (C=O) groups is 2. The maximum Gasteiger partial charge on any atom is 0.266 e. The number of aryl methyl sites for hydroxylation is 1. The predicted octanol–water partition coefficient (Wildman–Crippen LogP) is 4.03. The van der Waals surface area contributed by atoms with Gasteiger partial charge in [0, 0.05) is 35.8 Å². The number of hydrogen-bond donors (Lipinski definition) is 1. The second-order valence-electron chi connectivity index (χ2n) is 7.33. The molecule has 6 nitrogen and oxygen atoms in total. The number of rotatable bonds is 6. The Morgan fingerprint density at radius 2 is 2.14 bits per heavy atom. The van der Waals surface area contributed by atoms with E-state index in [0.717, 1.165) is 42.9 Å². The molecule has 1 N–H and O–H groups in total. The Bertz CT molecular complexity index is 1000. The van der Waals surface area contributed by atoms with Gasteiger partial charge in [-0.1, -0.05) is 12.1 Å². The Morgan fingerprint density at radius 3 is 2.79 bits per heavy atom. The fourth-order valence-corrected chi connectivity index (χ4v) is 3.57. The van der Waals surface area contributed by atoms with Crippen LogP contribution in [0.3, 0.4) is 0 Å². The number of anilines is 1. The Balaban J connectivity index is 1.80. The smallest absolute Gasteiger partial charge is 0.266 e. The van der Waals surface area contributed by atoms with Crippen molar-refractivity contribution in [3.05, 3.63) is 58.4 Å². The van der Waals surface area contributed by atoms with E-state index >= 15 is 0 Å². The number of nitriles is 1. The third kappa shape index (κ3) is 4.82. The monoisotopic (exact) mass is 391 g/mol. The zero-order valence-electron chi connectivity index (χ0n) is 17.0. The Hall–Kier alpha value is -3.17. The van der Waals surface area contributed by atoms with Crippen molar-refractivity contribution < 1.29 is 14.3 Å². The number of nitrogens with one attached hydrogen (secondary N) is 1. The lowest BCUT2D eigenvalue weighted by atomic mass is 10.1. The highest BCUT2D eigenvalue weighted by Gasteiger charge is 2.19. The SMILES string of the molecule is CC(=O)c1cccc(NC(=O)/C(C#N)=C/c2cc(C)n(CC3CCCO3)c2C)c1. The van der Waals surface area contributed by atoms with Crippen LogP contribution in [0.25, 0.3) is 6.08 Å². The molecule has 0 aliphatic carbocycles. The van der Waals surface area contributed by atoms with E-state index in [-0.39, 0.29) is 17.5 Å². The van der Waals surface area contributed by atoms with E-state index in [4.69, 9.17) is 4.74 Å². The molecule has 1 aromatic heterocycles. The van der Waals surface area contributed by atoms with E-state index in [2.05, 4.69) is 9.88 Å². The first kappa shape index (κ1) is 20.6. The van der Waals surface area contributed by atoms with Gasteiger partial charge >= 0.3 is 0 Å². The first-order valence-corrected chi connectivity index (χ1v) is 9.71. The molecule has 6 heteroatoms. The molecule has 1 aliphatic rings. The number of nitrogens with zero attached hydrogens (tertiary/aromatic N) is 2. The van der Waals surface area contributed by atoms with Crippen LogP contribution in [-0.2, 0) is 16.1 Å². The molecule has 150 valence electrons. The molecule has 0 spiro atoms. The molecule has 2 heterocycles. The number of ether oxygens (including phenoxy) is 1. The molecule has 2 aromatic rings. The molecule has 1 atom stereocenters. The topological polar surface area (TPSA) is 84.1 Å². The van der Waals surface area contributed by atoms with Gasteiger partial charge in [0.1, 0.15) is 11.6 Å². The normalized spacial score (nSPS) is 16.5. The summed E-state index contributed by atoms with van der Waals surface area (Å²) in [6.45, 7) is 7.04. The van der Waals surface area contributed by atoms with Crippen LogP contribution in [0.4, 0.5) is 5.69 Å². The summed E-state index contributed by atoms with van der Waals surface area (Å²) in [5.41, 5.74) is 3.89. The summed E-state index contributed by atoms with van der Waals surface area (Å²) in [5.74, 6) is -0.590. The predicted molar refractivity (Wildman–Crippen MR) is 112 cm³/mol. The van der Waals surface area contributed by atoms with E-state index in [0.29, 0.717) is 11.3 Å². The zero-order chi connectivity index (χ0) is 21.0. The number of hydrogen-bond acceptors (Lipinski definition) is 4. The molecule has 3 rings (SSSR count). The van der Waals surface area contributed by atoms with Gasteiger partial charge in [0.25, 0.3) is 5.91 Å². The van der Waals surface area contributed by atoms with Gasteiger partial charge < -0.3 is 14.6 Å². The summed E-state index contributed by atoms with van der Waals surface area (Å²) in [5, 5.41) is 12.2. The lowest BCUT2D eigenvalue weighted by molar-refractivity contribution is -0.112. The Labute approximate surface area is 170 Å². The number of benzene rings is 1. The summed E-state index contributed by atoms with van der Waals surface area (Å²) >= 11 is 0. The van der Waals surface area contributed by atoms with Gasteiger partial charge in [-0.15, -0.1) is 0 Å². The quantitative estimate of drug-likeness (QED) is 0.458. The minimum Gasteiger partial charge on any atom is -0.376 e. The lowest BCUT2D eigenvalue weighted by Gasteiger charge is -2.14. The van der Waals surface area contributed by atoms with Gasteiger partial charge in [-0.2, -0.15) is 5.26 Å². The summed E-state index contributed by atoms with van der Waals surface area (Å²) in [6.07, 6.45) is 3.95. The Morgan fingerprint density at radius 1 is 1.34 bits per heavy atom. The van der Waals surface area contributed by atoms with Crippen LogP contribution in [0, 0.1) is 25.2 Å². The average Bonchev–Trinajstić information content (AvgIpc) is 3.30. The number of carbonyl (C=O) groups excluding carboxylic acids is 2. The molecule has 0 bridgehead atoms. The molecule has 1 aliphatic heterocycles. The third-order valence-electron chi connectivity index (χ3n) is 5.21. The zero-order valence-corrected chi connectivity index (χ0v) is 17.0. The van der Waals surface area contributed by atoms with Crippen molar-refractivity contribution in [3.8, 4) is 6.07 Å². The van der Waals surface area contributed by atoms with Crippen molar-refractivity contribution >= 4 is 23.5 Å². The average molecular weight is 391 g/mol. The van der Waals surface area contributed by atoms with Crippen molar-refractivity contribution in [2.24, 2.45) is 0 Å². The van der Waals surface area contributed by atoms with Gasteiger partial charge in [0.2, 0.25) is 0 Å². The van der Waals surface area contributed by atoms with Crippen molar-refractivity contribution in [2.75, 3.05) is 11.9 Å². The minimum atomic E-state index is -0.503. The van der Waals surface area contributed by atoms with Crippen LogP contribution in [0.5, 0.6) is 0 Å². The maximum atomic E-state index is 12.6. The summed E-state index contributed by atoms with van der Waals surface area (Å²) in [7, 11) is 0. The highest BCUT2D eigenvalue weighted by atomic mass is 16.5. The third-order valence-corrected chi connectivity index (χ3v) is 5.21. The summed E-state index contributed by atoms with van der Waals surface area (Å²) in [6, 6.07) is 10.6. The van der Waals surface area contributed by atoms with Crippen LogP contribution >= 0.6 is 0 Å². The van der Waals surface area contributed by atoms with Crippen molar-refractivity contribution in [1.29, 1.82) is 5.26 Å². The first-order valence-electron chi connectivity index (χ1n) is 9.71. The summed E-state index contributed by atoms with van der Waals surface area (Å²) < 4.78 is 7.90. The van der Waals surface area contributed by atoms with E-state index in [1.807, 2.05) is 26.0 Å². The van der Waals surface area contributed by atoms with Crippen LogP contribution in [-0.4, -0.2) is 29.0 Å². The van der Waals surface area contributed by atoms with Crippen LogP contribution in [0.1, 0.15) is 47.1 Å². The number of Topliss-reactive ketones (excluding diaryl/α,β-unsaturated/α-hetero) is 1. The number of amides is 1. The molecule has 1 fully saturated rings. The molecule has 29 heavy (non-hydrogen) atoms. The fourth-order valence-electron chi connectivity index (χ4n) is 3.57. The Kier molecular flexibility index (Phi) is 6.30. The molecule has 1 saturated heterocycles. The second-order valence-corrected chi connectivity index (χ2v) is 7.33. The van der Waals surface area contributed by atoms with Gasteiger partial charge in [-0.25, -0.2) is 0 Å². The number of aromatic nitrogens is 1.